The van der Waals surface area contributed by atoms with Gasteiger partial charge in [-0.3, -0.25) is 9.80 Å². The second-order valence-electron chi connectivity index (χ2n) is 8.36. The van der Waals surface area contributed by atoms with Crippen molar-refractivity contribution in [1.29, 1.82) is 0 Å². The van der Waals surface area contributed by atoms with E-state index in [1.54, 1.807) is 0 Å². The number of hydrogen-bond acceptors (Lipinski definition) is 4. The molecule has 2 saturated heterocycles. The average molecular weight is 377 g/mol. The molecule has 0 spiro atoms. The zero-order valence-corrected chi connectivity index (χ0v) is 16.4. The molecule has 0 radical (unpaired) electrons. The lowest BCUT2D eigenvalue weighted by atomic mass is 10.1. The van der Waals surface area contributed by atoms with E-state index in [0.29, 0.717) is 12.1 Å². The maximum absolute atomic E-state index is 10.0. The summed E-state index contributed by atoms with van der Waals surface area (Å²) in [6, 6.07) is 20.0. The molecule has 2 aliphatic heterocycles. The number of rotatable bonds is 4. The standard InChI is InChI=1S/C23H28N4O/c1-17-12-26-15-20(28)11-19(26)14-25(17)16-23-24-21-9-5-6-10-22(21)27(23)13-18-7-3-2-4-8-18/h2-10,17,19-20,28H,11-16H2,1H3/t17-,19?,20+/m0/s1. The smallest absolute Gasteiger partial charge is 0.124 e. The molecule has 1 N–H and O–H groups in total. The van der Waals surface area contributed by atoms with Crippen molar-refractivity contribution in [2.24, 2.45) is 0 Å². The first kappa shape index (κ1) is 17.9. The molecule has 1 aromatic heterocycles. The van der Waals surface area contributed by atoms with Gasteiger partial charge in [-0.25, -0.2) is 4.98 Å². The number of piperazine rings is 1. The number of aliphatic hydroxyl groups is 1. The first-order valence-corrected chi connectivity index (χ1v) is 10.3. The quantitative estimate of drug-likeness (QED) is 0.760. The van der Waals surface area contributed by atoms with Gasteiger partial charge in [0.25, 0.3) is 0 Å². The van der Waals surface area contributed by atoms with Crippen LogP contribution in [0.2, 0.25) is 0 Å². The SMILES string of the molecule is C[C@H]1CN2C[C@H](O)CC2CN1Cc1nc2ccccc2n1Cc1ccccc1. The van der Waals surface area contributed by atoms with Crippen molar-refractivity contribution in [2.75, 3.05) is 19.6 Å². The van der Waals surface area contributed by atoms with Crippen LogP contribution in [-0.2, 0) is 13.1 Å². The molecule has 3 atom stereocenters. The molecule has 0 bridgehead atoms. The van der Waals surface area contributed by atoms with Crippen LogP contribution in [0.5, 0.6) is 0 Å². The minimum Gasteiger partial charge on any atom is -0.392 e. The Morgan fingerprint density at radius 3 is 2.61 bits per heavy atom. The Morgan fingerprint density at radius 2 is 1.75 bits per heavy atom. The van der Waals surface area contributed by atoms with Gasteiger partial charge in [-0.2, -0.15) is 0 Å². The molecule has 3 heterocycles. The third-order valence-corrected chi connectivity index (χ3v) is 6.33. The zero-order valence-electron chi connectivity index (χ0n) is 16.4. The lowest BCUT2D eigenvalue weighted by molar-refractivity contribution is 0.0505. The predicted octanol–water partition coefficient (Wildman–Crippen LogP) is 2.72. The summed E-state index contributed by atoms with van der Waals surface area (Å²) in [5, 5.41) is 10.0. The van der Waals surface area contributed by atoms with Crippen LogP contribution in [0.25, 0.3) is 11.0 Å². The second-order valence-corrected chi connectivity index (χ2v) is 8.36. The first-order valence-electron chi connectivity index (χ1n) is 10.3. The van der Waals surface area contributed by atoms with Crippen molar-refractivity contribution in [3.05, 3.63) is 66.0 Å². The zero-order chi connectivity index (χ0) is 19.1. The summed E-state index contributed by atoms with van der Waals surface area (Å²) in [5.41, 5.74) is 3.56. The van der Waals surface area contributed by atoms with Crippen molar-refractivity contribution in [1.82, 2.24) is 19.4 Å². The van der Waals surface area contributed by atoms with E-state index in [1.807, 2.05) is 0 Å². The van der Waals surface area contributed by atoms with E-state index < -0.39 is 0 Å². The van der Waals surface area contributed by atoms with Gasteiger partial charge in [0, 0.05) is 38.3 Å². The van der Waals surface area contributed by atoms with Crippen molar-refractivity contribution < 1.29 is 5.11 Å². The van der Waals surface area contributed by atoms with Gasteiger partial charge in [-0.15, -0.1) is 0 Å². The Bertz CT molecular complexity index is 954. The van der Waals surface area contributed by atoms with Crippen molar-refractivity contribution in [3.8, 4) is 0 Å². The molecular weight excluding hydrogens is 348 g/mol. The largest absolute Gasteiger partial charge is 0.392 e. The van der Waals surface area contributed by atoms with Crippen LogP contribution in [0, 0.1) is 0 Å². The molecule has 5 heteroatoms. The van der Waals surface area contributed by atoms with Crippen LogP contribution < -0.4 is 0 Å². The van der Waals surface area contributed by atoms with Crippen LogP contribution >= 0.6 is 0 Å². The molecule has 0 amide bonds. The lowest BCUT2D eigenvalue weighted by Crippen LogP contribution is -2.54. The number of fused-ring (bicyclic) bond motifs is 2. The highest BCUT2D eigenvalue weighted by molar-refractivity contribution is 5.76. The fourth-order valence-electron chi connectivity index (χ4n) is 4.87. The van der Waals surface area contributed by atoms with Crippen molar-refractivity contribution >= 4 is 11.0 Å². The molecule has 2 fully saturated rings. The summed E-state index contributed by atoms with van der Waals surface area (Å²) >= 11 is 0. The van der Waals surface area contributed by atoms with Crippen LogP contribution in [0.15, 0.2) is 54.6 Å². The fraction of sp³-hybridized carbons (Fsp3) is 0.435. The van der Waals surface area contributed by atoms with Gasteiger partial charge in [0.05, 0.1) is 23.7 Å². The molecular formula is C23H28N4O. The van der Waals surface area contributed by atoms with Crippen LogP contribution in [0.3, 0.4) is 0 Å². The molecule has 0 aliphatic carbocycles. The van der Waals surface area contributed by atoms with Gasteiger partial charge in [0.15, 0.2) is 0 Å². The van der Waals surface area contributed by atoms with Gasteiger partial charge >= 0.3 is 0 Å². The third kappa shape index (κ3) is 3.34. The molecule has 28 heavy (non-hydrogen) atoms. The number of nitrogens with zero attached hydrogens (tertiary/aromatic N) is 4. The summed E-state index contributed by atoms with van der Waals surface area (Å²) in [7, 11) is 0. The third-order valence-electron chi connectivity index (χ3n) is 6.33. The van der Waals surface area contributed by atoms with Crippen LogP contribution in [0.1, 0.15) is 24.7 Å². The Morgan fingerprint density at radius 1 is 0.964 bits per heavy atom. The highest BCUT2D eigenvalue weighted by Crippen LogP contribution is 2.27. The van der Waals surface area contributed by atoms with E-state index in [4.69, 9.17) is 4.98 Å². The summed E-state index contributed by atoms with van der Waals surface area (Å²) in [4.78, 5) is 10.00. The summed E-state index contributed by atoms with van der Waals surface area (Å²) in [5.74, 6) is 1.13. The van der Waals surface area contributed by atoms with Gasteiger partial charge in [0.2, 0.25) is 0 Å². The van der Waals surface area contributed by atoms with Gasteiger partial charge in [-0.1, -0.05) is 42.5 Å². The van der Waals surface area contributed by atoms with Crippen molar-refractivity contribution in [2.45, 2.75) is 44.6 Å². The first-order chi connectivity index (χ1) is 13.7. The Balaban J connectivity index is 1.44. The number of imidazole rings is 1. The highest BCUT2D eigenvalue weighted by Gasteiger charge is 2.38. The molecule has 5 rings (SSSR count). The molecule has 2 aromatic carbocycles. The maximum atomic E-state index is 10.0. The normalized spacial score (nSPS) is 26.0. The van der Waals surface area contributed by atoms with E-state index in [9.17, 15) is 5.11 Å². The van der Waals surface area contributed by atoms with Crippen LogP contribution in [-0.4, -0.2) is 62.3 Å². The minimum absolute atomic E-state index is 0.167. The maximum Gasteiger partial charge on any atom is 0.124 e. The van der Waals surface area contributed by atoms with Gasteiger partial charge in [0.1, 0.15) is 5.82 Å². The summed E-state index contributed by atoms with van der Waals surface area (Å²) in [6.07, 6.45) is 0.726. The number of hydrogen-bond donors (Lipinski definition) is 1. The topological polar surface area (TPSA) is 44.5 Å². The molecule has 1 unspecified atom stereocenters. The van der Waals surface area contributed by atoms with E-state index in [1.165, 1.54) is 11.1 Å². The molecule has 146 valence electrons. The summed E-state index contributed by atoms with van der Waals surface area (Å²) in [6.45, 7) is 6.85. The Hall–Kier alpha value is -2.21. The highest BCUT2D eigenvalue weighted by atomic mass is 16.3. The van der Waals surface area contributed by atoms with Crippen LogP contribution in [0.4, 0.5) is 0 Å². The predicted molar refractivity (Wildman–Crippen MR) is 111 cm³/mol. The number of aromatic nitrogens is 2. The molecule has 3 aromatic rings. The molecule has 5 nitrogen and oxygen atoms in total. The van der Waals surface area contributed by atoms with Crippen molar-refractivity contribution in [3.63, 3.8) is 0 Å². The minimum atomic E-state index is -0.167. The Kier molecular flexibility index (Phi) is 4.67. The molecule has 0 saturated carbocycles. The van der Waals surface area contributed by atoms with E-state index >= 15 is 0 Å². The van der Waals surface area contributed by atoms with E-state index in [0.717, 1.165) is 50.5 Å². The fourth-order valence-corrected chi connectivity index (χ4v) is 4.87. The summed E-state index contributed by atoms with van der Waals surface area (Å²) < 4.78 is 2.37. The number of aliphatic hydroxyl groups excluding tert-OH is 1. The second kappa shape index (κ2) is 7.32. The Labute approximate surface area is 166 Å². The number of benzene rings is 2. The number of para-hydroxylation sites is 2. The molecule has 2 aliphatic rings. The lowest BCUT2D eigenvalue weighted by Gasteiger charge is -2.42. The van der Waals surface area contributed by atoms with E-state index in [-0.39, 0.29) is 6.10 Å². The van der Waals surface area contributed by atoms with Gasteiger partial charge in [-0.05, 0) is 31.0 Å². The van der Waals surface area contributed by atoms with E-state index in [2.05, 4.69) is 75.9 Å². The average Bonchev–Trinajstić information content (AvgIpc) is 3.22. The van der Waals surface area contributed by atoms with Gasteiger partial charge < -0.3 is 9.67 Å². The monoisotopic (exact) mass is 376 g/mol.